The van der Waals surface area contributed by atoms with Crippen molar-refractivity contribution in [2.75, 3.05) is 0 Å². The second kappa shape index (κ2) is 4.91. The number of halogens is 1. The molecule has 1 fully saturated rings. The Balaban J connectivity index is 1.64. The number of hydrogen-bond acceptors (Lipinski definition) is 4. The van der Waals surface area contributed by atoms with E-state index in [0.29, 0.717) is 18.4 Å². The van der Waals surface area contributed by atoms with Gasteiger partial charge in [0.05, 0.1) is 0 Å². The second-order valence-corrected chi connectivity index (χ2v) is 6.29. The molecule has 0 aliphatic heterocycles. The van der Waals surface area contributed by atoms with Crippen LogP contribution in [0.5, 0.6) is 0 Å². The third kappa shape index (κ3) is 2.20. The zero-order chi connectivity index (χ0) is 15.2. The lowest BCUT2D eigenvalue weighted by Crippen LogP contribution is -2.36. The molecule has 1 aliphatic rings. The van der Waals surface area contributed by atoms with Gasteiger partial charge in [-0.15, -0.1) is 5.10 Å². The molecule has 0 radical (unpaired) electrons. The molecule has 0 amide bonds. The van der Waals surface area contributed by atoms with E-state index >= 15 is 0 Å². The van der Waals surface area contributed by atoms with Crippen LogP contribution in [0.15, 0.2) is 53.0 Å². The Labute approximate surface area is 135 Å². The van der Waals surface area contributed by atoms with Gasteiger partial charge in [-0.2, -0.15) is 0 Å². The summed E-state index contributed by atoms with van der Waals surface area (Å²) < 4.78 is 0.942. The number of nitrogens with zero attached hydrogens (tertiary/aromatic N) is 3. The zero-order valence-electron chi connectivity index (χ0n) is 11.6. The highest BCUT2D eigenvalue weighted by Crippen LogP contribution is 2.40. The van der Waals surface area contributed by atoms with Gasteiger partial charge in [-0.05, 0) is 29.5 Å². The van der Waals surface area contributed by atoms with Gasteiger partial charge in [-0.1, -0.05) is 45.0 Å². The first-order chi connectivity index (χ1) is 10.7. The number of para-hydroxylation sites is 1. The van der Waals surface area contributed by atoms with Crippen LogP contribution >= 0.6 is 15.9 Å². The van der Waals surface area contributed by atoms with E-state index in [1.807, 2.05) is 36.4 Å². The maximum Gasteiger partial charge on any atom is 0.209 e. The van der Waals surface area contributed by atoms with Crippen molar-refractivity contribution in [3.05, 3.63) is 58.6 Å². The summed E-state index contributed by atoms with van der Waals surface area (Å²) in [6, 6.07) is 14.8. The van der Waals surface area contributed by atoms with E-state index in [0.717, 1.165) is 15.5 Å². The molecule has 0 saturated heterocycles. The Morgan fingerprint density at radius 3 is 2.59 bits per heavy atom. The summed E-state index contributed by atoms with van der Waals surface area (Å²) in [5, 5.41) is 8.04. The Morgan fingerprint density at radius 2 is 1.86 bits per heavy atom. The summed E-state index contributed by atoms with van der Waals surface area (Å²) in [4.78, 5) is 20.0. The predicted octanol–water partition coefficient (Wildman–Crippen LogP) is 3.04. The van der Waals surface area contributed by atoms with E-state index in [-0.39, 0.29) is 5.78 Å². The Hall–Kier alpha value is -2.21. The first kappa shape index (κ1) is 13.5. The van der Waals surface area contributed by atoms with Crippen LogP contribution in [0, 0.1) is 0 Å². The van der Waals surface area contributed by atoms with Gasteiger partial charge < -0.3 is 4.84 Å². The van der Waals surface area contributed by atoms with Crippen molar-refractivity contribution in [1.29, 1.82) is 0 Å². The second-order valence-electron chi connectivity index (χ2n) is 5.37. The summed E-state index contributed by atoms with van der Waals surface area (Å²) in [5.41, 5.74) is 1.33. The van der Waals surface area contributed by atoms with Crippen LogP contribution in [0.3, 0.4) is 0 Å². The standard InChI is InChI=1S/C16H12BrN3O2/c17-12-7-5-11(6-8-12)15(21)16(9-10-16)22-20-14-4-2-1-3-13(14)18-19-20/h1-8H,9-10H2. The molecule has 1 aliphatic carbocycles. The largest absolute Gasteiger partial charge is 0.380 e. The van der Waals surface area contributed by atoms with Gasteiger partial charge in [0.2, 0.25) is 5.78 Å². The molecule has 0 atom stereocenters. The quantitative estimate of drug-likeness (QED) is 0.673. The van der Waals surface area contributed by atoms with Crippen LogP contribution in [0.4, 0.5) is 0 Å². The van der Waals surface area contributed by atoms with Crippen molar-refractivity contribution >= 4 is 32.7 Å². The van der Waals surface area contributed by atoms with Crippen LogP contribution < -0.4 is 4.84 Å². The maximum absolute atomic E-state index is 12.7. The molecule has 5 nitrogen and oxygen atoms in total. The molecule has 0 bridgehead atoms. The topological polar surface area (TPSA) is 57.0 Å². The van der Waals surface area contributed by atoms with Crippen molar-refractivity contribution in [3.8, 4) is 0 Å². The summed E-state index contributed by atoms with van der Waals surface area (Å²) in [6.45, 7) is 0. The molecule has 0 N–H and O–H groups in total. The molecule has 4 rings (SSSR count). The molecule has 1 saturated carbocycles. The molecule has 22 heavy (non-hydrogen) atoms. The van der Waals surface area contributed by atoms with E-state index in [9.17, 15) is 4.79 Å². The molecule has 1 aromatic heterocycles. The van der Waals surface area contributed by atoms with Crippen molar-refractivity contribution in [2.24, 2.45) is 0 Å². The van der Waals surface area contributed by atoms with Crippen LogP contribution in [0.25, 0.3) is 11.0 Å². The predicted molar refractivity (Wildman–Crippen MR) is 84.5 cm³/mol. The summed E-state index contributed by atoms with van der Waals surface area (Å²) >= 11 is 3.37. The van der Waals surface area contributed by atoms with Crippen LogP contribution in [-0.4, -0.2) is 26.5 Å². The number of rotatable bonds is 4. The molecule has 6 heteroatoms. The van der Waals surface area contributed by atoms with Gasteiger partial charge >= 0.3 is 0 Å². The normalized spacial score (nSPS) is 15.7. The van der Waals surface area contributed by atoms with Gasteiger partial charge in [0, 0.05) is 22.9 Å². The van der Waals surface area contributed by atoms with E-state index < -0.39 is 5.60 Å². The SMILES string of the molecule is O=C(c1ccc(Br)cc1)C1(On2nnc3ccccc32)CC1. The molecule has 0 unspecified atom stereocenters. The number of benzene rings is 2. The number of ketones is 1. The molecule has 3 aromatic rings. The van der Waals surface area contributed by atoms with Crippen molar-refractivity contribution in [2.45, 2.75) is 18.4 Å². The maximum atomic E-state index is 12.7. The Bertz CT molecular complexity index is 853. The summed E-state index contributed by atoms with van der Waals surface area (Å²) in [6.07, 6.45) is 1.38. The number of hydrogen-bond donors (Lipinski definition) is 0. The minimum Gasteiger partial charge on any atom is -0.380 e. The van der Waals surface area contributed by atoms with E-state index in [2.05, 4.69) is 26.2 Å². The fourth-order valence-corrected chi connectivity index (χ4v) is 2.68. The molecule has 1 heterocycles. The number of Topliss-reactive ketones (excluding diaryl/α,β-unsaturated/α-hetero) is 1. The zero-order valence-corrected chi connectivity index (χ0v) is 13.2. The molecule has 110 valence electrons. The minimum atomic E-state index is -0.815. The van der Waals surface area contributed by atoms with E-state index in [1.165, 1.54) is 4.85 Å². The highest BCUT2D eigenvalue weighted by atomic mass is 79.9. The third-order valence-corrected chi connectivity index (χ3v) is 4.34. The van der Waals surface area contributed by atoms with E-state index in [1.54, 1.807) is 12.1 Å². The van der Waals surface area contributed by atoms with Gasteiger partial charge in [-0.3, -0.25) is 4.79 Å². The number of carbonyl (C=O) groups excluding carboxylic acids is 1. The molecule has 2 aromatic carbocycles. The first-order valence-electron chi connectivity index (χ1n) is 6.98. The van der Waals surface area contributed by atoms with E-state index in [4.69, 9.17) is 4.84 Å². The molecule has 0 spiro atoms. The minimum absolute atomic E-state index is 0.0143. The average molecular weight is 358 g/mol. The fraction of sp³-hybridized carbons (Fsp3) is 0.188. The Morgan fingerprint density at radius 1 is 1.14 bits per heavy atom. The van der Waals surface area contributed by atoms with Crippen LogP contribution in [0.1, 0.15) is 23.2 Å². The monoisotopic (exact) mass is 357 g/mol. The lowest BCUT2D eigenvalue weighted by Gasteiger charge is -2.15. The van der Waals surface area contributed by atoms with Gasteiger partial charge in [0.1, 0.15) is 11.0 Å². The Kier molecular flexibility index (Phi) is 3.00. The van der Waals surface area contributed by atoms with Crippen molar-refractivity contribution in [1.82, 2.24) is 15.2 Å². The smallest absolute Gasteiger partial charge is 0.209 e. The average Bonchev–Trinajstić information content (AvgIpc) is 3.22. The number of carbonyl (C=O) groups is 1. The van der Waals surface area contributed by atoms with Crippen LogP contribution in [-0.2, 0) is 0 Å². The van der Waals surface area contributed by atoms with Crippen molar-refractivity contribution < 1.29 is 9.63 Å². The first-order valence-corrected chi connectivity index (χ1v) is 7.78. The highest BCUT2D eigenvalue weighted by molar-refractivity contribution is 9.10. The highest BCUT2D eigenvalue weighted by Gasteiger charge is 2.54. The number of aromatic nitrogens is 3. The van der Waals surface area contributed by atoms with Gasteiger partial charge in [-0.25, -0.2) is 0 Å². The van der Waals surface area contributed by atoms with Crippen LogP contribution in [0.2, 0.25) is 0 Å². The summed E-state index contributed by atoms with van der Waals surface area (Å²) in [5.74, 6) is -0.0143. The van der Waals surface area contributed by atoms with Gasteiger partial charge in [0.25, 0.3) is 0 Å². The lowest BCUT2D eigenvalue weighted by atomic mass is 10.1. The van der Waals surface area contributed by atoms with Crippen molar-refractivity contribution in [3.63, 3.8) is 0 Å². The molecular formula is C16H12BrN3O2. The number of fused-ring (bicyclic) bond motifs is 1. The third-order valence-electron chi connectivity index (χ3n) is 3.81. The molecular weight excluding hydrogens is 346 g/mol. The lowest BCUT2D eigenvalue weighted by molar-refractivity contribution is 0.00768. The summed E-state index contributed by atoms with van der Waals surface area (Å²) in [7, 11) is 0. The fourth-order valence-electron chi connectivity index (χ4n) is 2.42. The van der Waals surface area contributed by atoms with Gasteiger partial charge in [0.15, 0.2) is 5.60 Å².